The molecule has 2 N–H and O–H groups in total. The number of rotatable bonds is 6. The van der Waals surface area contributed by atoms with Gasteiger partial charge in [0, 0.05) is 11.3 Å². The van der Waals surface area contributed by atoms with E-state index in [-0.39, 0.29) is 16.3 Å². The molecule has 0 fully saturated rings. The lowest BCUT2D eigenvalue weighted by Gasteiger charge is -2.14. The Bertz CT molecular complexity index is 1510. The molecule has 0 heterocycles. The van der Waals surface area contributed by atoms with Crippen LogP contribution in [0.4, 0.5) is 19.3 Å². The summed E-state index contributed by atoms with van der Waals surface area (Å²) in [4.78, 5) is 24.5. The maximum atomic E-state index is 13.8. The maximum Gasteiger partial charge on any atom is 0.339 e. The summed E-state index contributed by atoms with van der Waals surface area (Å²) in [6, 6.07) is 22.2. The van der Waals surface area contributed by atoms with Crippen LogP contribution in [-0.2, 0) is 10.1 Å². The highest BCUT2D eigenvalue weighted by Crippen LogP contribution is 2.34. The van der Waals surface area contributed by atoms with Crippen molar-refractivity contribution in [3.05, 3.63) is 114 Å². The van der Waals surface area contributed by atoms with Gasteiger partial charge in [0.1, 0.15) is 22.1 Å². The van der Waals surface area contributed by atoms with E-state index in [0.29, 0.717) is 11.1 Å². The molecule has 0 aromatic heterocycles. The fourth-order valence-corrected chi connectivity index (χ4v) is 4.29. The molecule has 7 nitrogen and oxygen atoms in total. The molecular formula is C26H18F2N2O5S. The molecule has 0 bridgehead atoms. The Morgan fingerprint density at radius 1 is 0.750 bits per heavy atom. The quantitative estimate of drug-likeness (QED) is 0.342. The number of hydrogen-bond acceptors (Lipinski definition) is 5. The summed E-state index contributed by atoms with van der Waals surface area (Å²) >= 11 is 0. The van der Waals surface area contributed by atoms with Crippen LogP contribution < -0.4 is 14.8 Å². The summed E-state index contributed by atoms with van der Waals surface area (Å²) in [6.07, 6.45) is 0. The molecule has 0 unspecified atom stereocenters. The van der Waals surface area contributed by atoms with E-state index in [1.807, 2.05) is 5.32 Å². The van der Waals surface area contributed by atoms with Crippen LogP contribution in [0.25, 0.3) is 11.1 Å². The van der Waals surface area contributed by atoms with Gasteiger partial charge >= 0.3 is 16.1 Å². The van der Waals surface area contributed by atoms with E-state index < -0.39 is 39.3 Å². The SMILES string of the molecule is O=C(NC(=O)c1c(F)cccc1F)Nc1ccc(OS(=O)(=O)c2ccccc2)c(-c2ccccc2)c1. The molecule has 0 radical (unpaired) electrons. The number of anilines is 1. The van der Waals surface area contributed by atoms with Crippen LogP contribution in [0.2, 0.25) is 0 Å². The monoisotopic (exact) mass is 508 g/mol. The highest BCUT2D eigenvalue weighted by atomic mass is 32.2. The van der Waals surface area contributed by atoms with E-state index in [2.05, 4.69) is 5.32 Å². The Morgan fingerprint density at radius 3 is 2.00 bits per heavy atom. The van der Waals surface area contributed by atoms with Crippen molar-refractivity contribution < 1.29 is 31.0 Å². The number of halogens is 2. The van der Waals surface area contributed by atoms with Crippen molar-refractivity contribution in [2.45, 2.75) is 4.90 Å². The molecule has 0 atom stereocenters. The van der Waals surface area contributed by atoms with Gasteiger partial charge in [0.05, 0.1) is 0 Å². The summed E-state index contributed by atoms with van der Waals surface area (Å²) in [6.45, 7) is 0. The van der Waals surface area contributed by atoms with Gasteiger partial charge in [-0.25, -0.2) is 13.6 Å². The number of hydrogen-bond donors (Lipinski definition) is 2. The van der Waals surface area contributed by atoms with Gasteiger partial charge in [0.2, 0.25) is 0 Å². The molecule has 0 saturated heterocycles. The Balaban J connectivity index is 1.60. The Morgan fingerprint density at radius 2 is 1.36 bits per heavy atom. The van der Waals surface area contributed by atoms with Crippen LogP contribution in [-0.4, -0.2) is 20.4 Å². The van der Waals surface area contributed by atoms with E-state index in [1.54, 1.807) is 48.5 Å². The number of carbonyl (C=O) groups excluding carboxylic acids is 2. The standard InChI is InChI=1S/C26H18F2N2O5S/c27-21-12-7-13-22(28)24(21)25(31)30-26(32)29-18-14-15-23(20(16-18)17-8-3-1-4-9-17)35-36(33,34)19-10-5-2-6-11-19/h1-16H,(H2,29,30,31,32). The van der Waals surface area contributed by atoms with Crippen LogP contribution >= 0.6 is 0 Å². The van der Waals surface area contributed by atoms with Crippen molar-refractivity contribution in [1.82, 2.24) is 5.32 Å². The smallest absolute Gasteiger partial charge is 0.339 e. The summed E-state index contributed by atoms with van der Waals surface area (Å²) in [5, 5.41) is 4.26. The number of urea groups is 1. The average Bonchev–Trinajstić information content (AvgIpc) is 2.86. The zero-order valence-electron chi connectivity index (χ0n) is 18.4. The average molecular weight is 509 g/mol. The molecule has 36 heavy (non-hydrogen) atoms. The van der Waals surface area contributed by atoms with Gasteiger partial charge in [0.15, 0.2) is 5.75 Å². The minimum Gasteiger partial charge on any atom is -0.378 e. The number of benzene rings is 4. The summed E-state index contributed by atoms with van der Waals surface area (Å²) in [5.74, 6) is -3.50. The number of carbonyl (C=O) groups is 2. The van der Waals surface area contributed by atoms with Gasteiger partial charge in [-0.05, 0) is 48.0 Å². The normalized spacial score (nSPS) is 10.9. The number of amides is 3. The van der Waals surface area contributed by atoms with Crippen LogP contribution in [0.15, 0.2) is 102 Å². The lowest BCUT2D eigenvalue weighted by atomic mass is 10.0. The maximum absolute atomic E-state index is 13.8. The molecule has 0 aliphatic heterocycles. The van der Waals surface area contributed by atoms with Gasteiger partial charge in [-0.2, -0.15) is 8.42 Å². The third-order valence-electron chi connectivity index (χ3n) is 4.97. The van der Waals surface area contributed by atoms with Gasteiger partial charge in [-0.3, -0.25) is 10.1 Å². The molecule has 0 aliphatic carbocycles. The summed E-state index contributed by atoms with van der Waals surface area (Å²) in [5.41, 5.74) is 0.189. The largest absolute Gasteiger partial charge is 0.378 e. The van der Waals surface area contributed by atoms with E-state index >= 15 is 0 Å². The summed E-state index contributed by atoms with van der Waals surface area (Å²) in [7, 11) is -4.15. The third kappa shape index (κ3) is 5.56. The Hall–Kier alpha value is -4.57. The predicted octanol–water partition coefficient (Wildman–Crippen LogP) is 5.36. The van der Waals surface area contributed by atoms with E-state index in [1.165, 1.54) is 30.3 Å². The van der Waals surface area contributed by atoms with E-state index in [0.717, 1.165) is 18.2 Å². The molecule has 4 aromatic rings. The van der Waals surface area contributed by atoms with Gasteiger partial charge in [-0.15, -0.1) is 0 Å². The first kappa shape index (κ1) is 24.6. The first-order chi connectivity index (χ1) is 17.2. The predicted molar refractivity (Wildman–Crippen MR) is 129 cm³/mol. The van der Waals surface area contributed by atoms with Crippen molar-refractivity contribution in [3.63, 3.8) is 0 Å². The van der Waals surface area contributed by atoms with Crippen LogP contribution in [0.3, 0.4) is 0 Å². The minimum absolute atomic E-state index is 0.000477. The molecule has 0 spiro atoms. The number of nitrogens with one attached hydrogen (secondary N) is 2. The molecule has 4 aromatic carbocycles. The third-order valence-corrected chi connectivity index (χ3v) is 6.22. The van der Waals surface area contributed by atoms with Gasteiger partial charge in [0.25, 0.3) is 5.91 Å². The zero-order chi connectivity index (χ0) is 25.7. The first-order valence-electron chi connectivity index (χ1n) is 10.5. The second-order valence-corrected chi connectivity index (χ2v) is 8.98. The molecule has 3 amide bonds. The fourth-order valence-electron chi connectivity index (χ4n) is 3.32. The highest BCUT2D eigenvalue weighted by Gasteiger charge is 2.21. The highest BCUT2D eigenvalue weighted by molar-refractivity contribution is 7.87. The van der Waals surface area contributed by atoms with Gasteiger partial charge in [-0.1, -0.05) is 54.6 Å². The van der Waals surface area contributed by atoms with Crippen molar-refractivity contribution in [2.24, 2.45) is 0 Å². The fraction of sp³-hybridized carbons (Fsp3) is 0. The Labute approximate surface area is 205 Å². The summed E-state index contributed by atoms with van der Waals surface area (Å²) < 4.78 is 58.6. The lowest BCUT2D eigenvalue weighted by Crippen LogP contribution is -2.35. The number of imide groups is 1. The topological polar surface area (TPSA) is 102 Å². The molecular weight excluding hydrogens is 490 g/mol. The molecule has 0 aliphatic rings. The van der Waals surface area contributed by atoms with Crippen molar-refractivity contribution in [2.75, 3.05) is 5.32 Å². The van der Waals surface area contributed by atoms with Crippen molar-refractivity contribution in [1.29, 1.82) is 0 Å². The van der Waals surface area contributed by atoms with Crippen molar-refractivity contribution >= 4 is 27.7 Å². The molecule has 4 rings (SSSR count). The molecule has 182 valence electrons. The molecule has 10 heteroatoms. The molecule has 0 saturated carbocycles. The van der Waals surface area contributed by atoms with Crippen LogP contribution in [0, 0.1) is 11.6 Å². The second-order valence-electron chi connectivity index (χ2n) is 7.43. The van der Waals surface area contributed by atoms with Crippen LogP contribution in [0.5, 0.6) is 5.75 Å². The lowest BCUT2D eigenvalue weighted by molar-refractivity contribution is 0.0959. The Kier molecular flexibility index (Phi) is 7.07. The van der Waals surface area contributed by atoms with E-state index in [4.69, 9.17) is 4.18 Å². The van der Waals surface area contributed by atoms with Crippen molar-refractivity contribution in [3.8, 4) is 16.9 Å². The second kappa shape index (κ2) is 10.4. The van der Waals surface area contributed by atoms with Crippen LogP contribution in [0.1, 0.15) is 10.4 Å². The first-order valence-corrected chi connectivity index (χ1v) is 11.9. The minimum atomic E-state index is -4.15. The van der Waals surface area contributed by atoms with E-state index in [9.17, 15) is 26.8 Å². The zero-order valence-corrected chi connectivity index (χ0v) is 19.3. The van der Waals surface area contributed by atoms with Gasteiger partial charge < -0.3 is 9.50 Å².